The number of benzene rings is 3. The number of likely N-dealkylation sites (N-methyl/N-ethyl adjacent to an activating group) is 1. The summed E-state index contributed by atoms with van der Waals surface area (Å²) in [4.78, 5) is 30.9. The first-order valence-corrected chi connectivity index (χ1v) is 11.2. The number of fused-ring (bicyclic) bond motifs is 2. The summed E-state index contributed by atoms with van der Waals surface area (Å²) in [5, 5.41) is 2.83. The predicted molar refractivity (Wildman–Crippen MR) is 130 cm³/mol. The number of carbonyl (C=O) groups excluding carboxylic acids is 2. The first kappa shape index (κ1) is 21.7. The van der Waals surface area contributed by atoms with Gasteiger partial charge in [0.15, 0.2) is 11.5 Å². The van der Waals surface area contributed by atoms with Gasteiger partial charge < -0.3 is 15.8 Å². The number of amides is 2. The van der Waals surface area contributed by atoms with Gasteiger partial charge in [-0.15, -0.1) is 0 Å². The summed E-state index contributed by atoms with van der Waals surface area (Å²) in [7, 11) is 1.65. The Labute approximate surface area is 198 Å². The van der Waals surface area contributed by atoms with Gasteiger partial charge in [0.05, 0.1) is 0 Å². The first-order chi connectivity index (χ1) is 16.4. The van der Waals surface area contributed by atoms with E-state index in [-0.39, 0.29) is 23.9 Å². The van der Waals surface area contributed by atoms with E-state index in [2.05, 4.69) is 5.32 Å². The van der Waals surface area contributed by atoms with Crippen LogP contribution in [0.4, 0.5) is 0 Å². The number of carbonyl (C=O) groups is 2. The highest BCUT2D eigenvalue weighted by Crippen LogP contribution is 2.50. The van der Waals surface area contributed by atoms with E-state index in [0.29, 0.717) is 24.3 Å². The molecule has 3 aromatic rings. The number of hydrogen-bond donors (Lipinski definition) is 2. The van der Waals surface area contributed by atoms with Crippen molar-refractivity contribution >= 4 is 17.8 Å². The maximum Gasteiger partial charge on any atom is 0.261 e. The van der Waals surface area contributed by atoms with Gasteiger partial charge in [-0.3, -0.25) is 14.5 Å². The fourth-order valence-electron chi connectivity index (χ4n) is 4.66. The molecule has 2 heterocycles. The second-order valence-corrected chi connectivity index (χ2v) is 8.74. The van der Waals surface area contributed by atoms with E-state index in [1.807, 2.05) is 72.8 Å². The molecule has 1 spiro atoms. The van der Waals surface area contributed by atoms with Crippen molar-refractivity contribution in [3.8, 4) is 16.9 Å². The van der Waals surface area contributed by atoms with Gasteiger partial charge in [0, 0.05) is 32.5 Å². The van der Waals surface area contributed by atoms with E-state index in [1.165, 1.54) is 11.8 Å². The molecule has 2 amide bonds. The molecule has 172 valence electrons. The van der Waals surface area contributed by atoms with E-state index in [9.17, 15) is 9.59 Å². The van der Waals surface area contributed by atoms with Gasteiger partial charge in [0.1, 0.15) is 11.9 Å². The van der Waals surface area contributed by atoms with Crippen molar-refractivity contribution in [2.45, 2.75) is 31.5 Å². The van der Waals surface area contributed by atoms with Gasteiger partial charge >= 0.3 is 0 Å². The Balaban J connectivity index is 1.59. The normalized spacial score (nSPS) is 21.1. The van der Waals surface area contributed by atoms with Crippen LogP contribution in [0.25, 0.3) is 11.1 Å². The van der Waals surface area contributed by atoms with Crippen LogP contribution in [0.3, 0.4) is 0 Å². The minimum atomic E-state index is -1.14. The number of hydrogen-bond acceptors (Lipinski definition) is 5. The van der Waals surface area contributed by atoms with Crippen LogP contribution < -0.4 is 15.8 Å². The van der Waals surface area contributed by atoms with E-state index < -0.39 is 5.54 Å². The molecule has 2 unspecified atom stereocenters. The molecule has 0 saturated heterocycles. The zero-order valence-corrected chi connectivity index (χ0v) is 19.1. The van der Waals surface area contributed by atoms with Gasteiger partial charge in [-0.2, -0.15) is 0 Å². The summed E-state index contributed by atoms with van der Waals surface area (Å²) in [5.41, 5.74) is 9.57. The van der Waals surface area contributed by atoms with E-state index in [4.69, 9.17) is 15.5 Å². The molecule has 0 radical (unpaired) electrons. The Kier molecular flexibility index (Phi) is 5.32. The minimum absolute atomic E-state index is 0.0782. The maximum absolute atomic E-state index is 13.5. The molecular formula is C27H26N4O3. The lowest BCUT2D eigenvalue weighted by atomic mass is 9.79. The fourth-order valence-corrected chi connectivity index (χ4v) is 4.66. The molecule has 3 aromatic carbocycles. The van der Waals surface area contributed by atoms with Crippen LogP contribution in [-0.4, -0.2) is 29.7 Å². The lowest BCUT2D eigenvalue weighted by molar-refractivity contribution is -0.132. The fraction of sp³-hybridized carbons (Fsp3) is 0.222. The predicted octanol–water partition coefficient (Wildman–Crippen LogP) is 3.50. The second kappa shape index (κ2) is 8.33. The SMILES string of the molecule is CC(=O)NCc1cccc(-c2ccc3c(c2)C2(CC(c4ccccc4)O3)N=C(N)N(C)C2=O)c1. The van der Waals surface area contributed by atoms with Crippen LogP contribution in [0.2, 0.25) is 0 Å². The quantitative estimate of drug-likeness (QED) is 0.631. The van der Waals surface area contributed by atoms with Crippen molar-refractivity contribution < 1.29 is 14.3 Å². The molecule has 3 N–H and O–H groups in total. The second-order valence-electron chi connectivity index (χ2n) is 8.74. The van der Waals surface area contributed by atoms with Crippen molar-refractivity contribution in [3.05, 3.63) is 89.5 Å². The summed E-state index contributed by atoms with van der Waals surface area (Å²) < 4.78 is 6.37. The standard InChI is InChI=1S/C27H26N4O3/c1-17(32)29-16-18-7-6-10-20(13-18)21-11-12-23-22(14-21)27(25(33)31(2)26(28)30-27)15-24(34-23)19-8-4-3-5-9-19/h3-14,24H,15-16H2,1-2H3,(H2,28,30)(H,29,32). The molecular weight excluding hydrogens is 428 g/mol. The lowest BCUT2D eigenvalue weighted by Crippen LogP contribution is -2.43. The molecule has 34 heavy (non-hydrogen) atoms. The van der Waals surface area contributed by atoms with Crippen LogP contribution in [0, 0.1) is 0 Å². The number of ether oxygens (including phenoxy) is 1. The Morgan fingerprint density at radius 3 is 2.59 bits per heavy atom. The average molecular weight is 455 g/mol. The van der Waals surface area contributed by atoms with E-state index >= 15 is 0 Å². The summed E-state index contributed by atoms with van der Waals surface area (Å²) in [6, 6.07) is 23.7. The Hall–Kier alpha value is -4.13. The highest BCUT2D eigenvalue weighted by Gasteiger charge is 2.53. The average Bonchev–Trinajstić information content (AvgIpc) is 3.07. The van der Waals surface area contributed by atoms with Crippen molar-refractivity contribution in [3.63, 3.8) is 0 Å². The Bertz CT molecular complexity index is 1300. The van der Waals surface area contributed by atoms with Gasteiger partial charge in [-0.1, -0.05) is 54.6 Å². The molecule has 2 aliphatic rings. The largest absolute Gasteiger partial charge is 0.485 e. The first-order valence-electron chi connectivity index (χ1n) is 11.2. The van der Waals surface area contributed by atoms with Gasteiger partial charge in [-0.25, -0.2) is 4.99 Å². The highest BCUT2D eigenvalue weighted by atomic mass is 16.5. The van der Waals surface area contributed by atoms with Crippen molar-refractivity contribution in [1.82, 2.24) is 10.2 Å². The van der Waals surface area contributed by atoms with Crippen LogP contribution in [0.1, 0.15) is 36.1 Å². The third-order valence-corrected chi connectivity index (χ3v) is 6.46. The van der Waals surface area contributed by atoms with Gasteiger partial charge in [-0.05, 0) is 40.5 Å². The molecule has 0 bridgehead atoms. The minimum Gasteiger partial charge on any atom is -0.485 e. The zero-order valence-electron chi connectivity index (χ0n) is 19.1. The third-order valence-electron chi connectivity index (χ3n) is 6.46. The topological polar surface area (TPSA) is 97.0 Å². The number of rotatable bonds is 4. The summed E-state index contributed by atoms with van der Waals surface area (Å²) in [6.07, 6.45) is 0.0347. The van der Waals surface area contributed by atoms with E-state index in [0.717, 1.165) is 22.3 Å². The van der Waals surface area contributed by atoms with Crippen LogP contribution >= 0.6 is 0 Å². The number of nitrogens with two attached hydrogens (primary N) is 1. The summed E-state index contributed by atoms with van der Waals surface area (Å²) >= 11 is 0. The monoisotopic (exact) mass is 454 g/mol. The Morgan fingerprint density at radius 1 is 1.12 bits per heavy atom. The summed E-state index contributed by atoms with van der Waals surface area (Å²) in [6.45, 7) is 1.95. The zero-order chi connectivity index (χ0) is 23.9. The number of nitrogens with zero attached hydrogens (tertiary/aromatic N) is 2. The smallest absolute Gasteiger partial charge is 0.261 e. The molecule has 0 aliphatic carbocycles. The number of nitrogens with one attached hydrogen (secondary N) is 1. The van der Waals surface area contributed by atoms with Crippen molar-refractivity contribution in [2.75, 3.05) is 7.05 Å². The number of aliphatic imine (C=N–C) groups is 1. The van der Waals surface area contributed by atoms with Crippen molar-refractivity contribution in [1.29, 1.82) is 0 Å². The summed E-state index contributed by atoms with van der Waals surface area (Å²) in [5.74, 6) is 0.587. The maximum atomic E-state index is 13.5. The molecule has 0 fully saturated rings. The molecule has 2 atom stereocenters. The molecule has 7 nitrogen and oxygen atoms in total. The third kappa shape index (κ3) is 3.69. The van der Waals surface area contributed by atoms with Crippen LogP contribution in [0.5, 0.6) is 5.75 Å². The molecule has 5 rings (SSSR count). The van der Waals surface area contributed by atoms with Gasteiger partial charge in [0.25, 0.3) is 5.91 Å². The van der Waals surface area contributed by atoms with Crippen molar-refractivity contribution in [2.24, 2.45) is 10.7 Å². The number of guanidine groups is 1. The lowest BCUT2D eigenvalue weighted by Gasteiger charge is -2.37. The van der Waals surface area contributed by atoms with Gasteiger partial charge in [0.2, 0.25) is 5.91 Å². The molecule has 2 aliphatic heterocycles. The van der Waals surface area contributed by atoms with E-state index in [1.54, 1.807) is 7.05 Å². The Morgan fingerprint density at radius 2 is 1.88 bits per heavy atom. The highest BCUT2D eigenvalue weighted by molar-refractivity contribution is 6.07. The van der Waals surface area contributed by atoms with Crippen LogP contribution in [0.15, 0.2) is 77.8 Å². The molecule has 0 aromatic heterocycles. The molecule has 0 saturated carbocycles. The molecule has 7 heteroatoms. The van der Waals surface area contributed by atoms with Crippen LogP contribution in [-0.2, 0) is 21.7 Å².